The fourth-order valence-corrected chi connectivity index (χ4v) is 2.69. The van der Waals surface area contributed by atoms with Crippen molar-refractivity contribution >= 4 is 17.5 Å². The van der Waals surface area contributed by atoms with Crippen LogP contribution in [0.4, 0.5) is 13.2 Å². The van der Waals surface area contributed by atoms with E-state index in [1.807, 2.05) is 0 Å². The van der Waals surface area contributed by atoms with Crippen molar-refractivity contribution < 1.29 is 22.4 Å². The number of furan rings is 1. The Labute approximate surface area is 134 Å². The van der Waals surface area contributed by atoms with Gasteiger partial charge in [0.05, 0.1) is 23.5 Å². The summed E-state index contributed by atoms with van der Waals surface area (Å²) in [4.78, 5) is 11.9. The minimum Gasteiger partial charge on any atom is -0.467 e. The molecule has 0 aromatic carbocycles. The summed E-state index contributed by atoms with van der Waals surface area (Å²) in [5.41, 5.74) is -0.855. The fraction of sp³-hybridized carbons (Fsp3) is 0.429. The van der Waals surface area contributed by atoms with Gasteiger partial charge in [-0.2, -0.15) is 18.3 Å². The van der Waals surface area contributed by atoms with Crippen LogP contribution in [0.3, 0.4) is 0 Å². The van der Waals surface area contributed by atoms with Gasteiger partial charge in [-0.05, 0) is 25.0 Å². The van der Waals surface area contributed by atoms with E-state index in [4.69, 9.17) is 16.0 Å². The van der Waals surface area contributed by atoms with Crippen LogP contribution in [0.1, 0.15) is 35.9 Å². The molecule has 1 aliphatic rings. The first-order chi connectivity index (χ1) is 10.9. The van der Waals surface area contributed by atoms with E-state index in [1.54, 1.807) is 12.1 Å². The lowest BCUT2D eigenvalue weighted by Gasteiger charge is -2.07. The van der Waals surface area contributed by atoms with Crippen LogP contribution < -0.4 is 5.32 Å². The van der Waals surface area contributed by atoms with Gasteiger partial charge in [0.15, 0.2) is 5.69 Å². The number of nitrogens with one attached hydrogen (secondary N) is 1. The summed E-state index contributed by atoms with van der Waals surface area (Å²) in [6.45, 7) is -0.159. The smallest absolute Gasteiger partial charge is 0.436 e. The van der Waals surface area contributed by atoms with Crippen molar-refractivity contribution in [2.45, 2.75) is 38.0 Å². The Morgan fingerprint density at radius 3 is 2.78 bits per heavy atom. The highest BCUT2D eigenvalue weighted by molar-refractivity contribution is 6.32. The Hall–Kier alpha value is -1.96. The first-order valence-corrected chi connectivity index (χ1v) is 7.36. The van der Waals surface area contributed by atoms with E-state index >= 15 is 0 Å². The zero-order chi connectivity index (χ0) is 16.6. The number of nitrogens with zero attached hydrogens (tertiary/aromatic N) is 2. The molecule has 3 rings (SSSR count). The molecule has 1 N–H and O–H groups in total. The average Bonchev–Trinajstić information content (AvgIpc) is 3.04. The van der Waals surface area contributed by atoms with Gasteiger partial charge in [0, 0.05) is 5.92 Å². The first-order valence-electron chi connectivity index (χ1n) is 6.98. The molecule has 124 valence electrons. The van der Waals surface area contributed by atoms with E-state index in [-0.39, 0.29) is 24.7 Å². The molecule has 2 aromatic rings. The summed E-state index contributed by atoms with van der Waals surface area (Å²) in [6, 6.07) is 3.36. The number of carbonyl (C=O) groups is 1. The number of carbonyl (C=O) groups excluding carboxylic acids is 1. The Bertz CT molecular complexity index is 706. The summed E-state index contributed by atoms with van der Waals surface area (Å²) < 4.78 is 44.9. The van der Waals surface area contributed by atoms with Crippen LogP contribution in [0.5, 0.6) is 0 Å². The maximum atomic E-state index is 12.9. The predicted octanol–water partition coefficient (Wildman–Crippen LogP) is 3.34. The molecule has 0 aliphatic heterocycles. The lowest BCUT2D eigenvalue weighted by molar-refractivity contribution is -0.141. The van der Waals surface area contributed by atoms with Crippen molar-refractivity contribution in [3.63, 3.8) is 0 Å². The topological polar surface area (TPSA) is 60.1 Å². The second kappa shape index (κ2) is 5.92. The average molecular weight is 348 g/mol. The van der Waals surface area contributed by atoms with E-state index in [0.29, 0.717) is 5.76 Å². The number of hydrogen-bond donors (Lipinski definition) is 1. The van der Waals surface area contributed by atoms with Crippen LogP contribution in [0.15, 0.2) is 22.8 Å². The molecule has 0 bridgehead atoms. The lowest BCUT2D eigenvalue weighted by atomic mass is 10.2. The SMILES string of the molecule is O=C(Cn1nc(C(F)(F)F)c(Cl)c1C1CC1)NCc1ccco1. The van der Waals surface area contributed by atoms with Crippen LogP contribution in [-0.2, 0) is 24.1 Å². The van der Waals surface area contributed by atoms with Gasteiger partial charge in [-0.25, -0.2) is 0 Å². The quantitative estimate of drug-likeness (QED) is 0.902. The minimum absolute atomic E-state index is 0.0658. The van der Waals surface area contributed by atoms with E-state index in [9.17, 15) is 18.0 Å². The molecule has 2 aromatic heterocycles. The monoisotopic (exact) mass is 347 g/mol. The summed E-state index contributed by atoms with van der Waals surface area (Å²) >= 11 is 5.84. The van der Waals surface area contributed by atoms with Gasteiger partial charge in [0.25, 0.3) is 0 Å². The highest BCUT2D eigenvalue weighted by Gasteiger charge is 2.42. The highest BCUT2D eigenvalue weighted by atomic mass is 35.5. The molecular weight excluding hydrogens is 335 g/mol. The van der Waals surface area contributed by atoms with Gasteiger partial charge in [-0.1, -0.05) is 11.6 Å². The van der Waals surface area contributed by atoms with E-state index in [0.717, 1.165) is 17.5 Å². The second-order valence-corrected chi connectivity index (χ2v) is 5.71. The Morgan fingerprint density at radius 1 is 1.48 bits per heavy atom. The van der Waals surface area contributed by atoms with Gasteiger partial charge in [0.1, 0.15) is 12.3 Å². The Kier molecular flexibility index (Phi) is 4.09. The Morgan fingerprint density at radius 2 is 2.22 bits per heavy atom. The van der Waals surface area contributed by atoms with Crippen LogP contribution >= 0.6 is 11.6 Å². The van der Waals surface area contributed by atoms with Gasteiger partial charge in [-0.15, -0.1) is 0 Å². The lowest BCUT2D eigenvalue weighted by Crippen LogP contribution is -2.28. The van der Waals surface area contributed by atoms with Crippen molar-refractivity contribution in [2.75, 3.05) is 0 Å². The van der Waals surface area contributed by atoms with Crippen LogP contribution in [0, 0.1) is 0 Å². The third kappa shape index (κ3) is 3.52. The molecule has 0 saturated heterocycles. The number of halogens is 4. The summed E-state index contributed by atoms with van der Waals surface area (Å²) in [7, 11) is 0. The largest absolute Gasteiger partial charge is 0.467 e. The molecular formula is C14H13ClF3N3O2. The van der Waals surface area contributed by atoms with Crippen molar-refractivity contribution in [1.29, 1.82) is 0 Å². The van der Waals surface area contributed by atoms with Crippen molar-refractivity contribution in [2.24, 2.45) is 0 Å². The standard InChI is InChI=1S/C14H13ClF3N3O2/c15-11-12(8-3-4-8)21(20-13(11)14(16,17)18)7-10(22)19-6-9-2-1-5-23-9/h1-2,5,8H,3-4,6-7H2,(H,19,22). The van der Waals surface area contributed by atoms with Crippen LogP contribution in [0.25, 0.3) is 0 Å². The second-order valence-electron chi connectivity index (χ2n) is 5.33. The highest BCUT2D eigenvalue weighted by Crippen LogP contribution is 2.46. The van der Waals surface area contributed by atoms with E-state index < -0.39 is 22.8 Å². The number of alkyl halides is 3. The van der Waals surface area contributed by atoms with Gasteiger partial charge in [-0.3, -0.25) is 9.48 Å². The van der Waals surface area contributed by atoms with E-state index in [1.165, 1.54) is 6.26 Å². The molecule has 1 fully saturated rings. The number of amides is 1. The zero-order valence-corrected chi connectivity index (χ0v) is 12.6. The maximum absolute atomic E-state index is 12.9. The third-order valence-corrected chi connectivity index (χ3v) is 3.87. The van der Waals surface area contributed by atoms with Crippen molar-refractivity contribution in [3.05, 3.63) is 40.6 Å². The van der Waals surface area contributed by atoms with Gasteiger partial charge < -0.3 is 9.73 Å². The molecule has 0 atom stereocenters. The molecule has 0 unspecified atom stereocenters. The molecule has 9 heteroatoms. The molecule has 23 heavy (non-hydrogen) atoms. The maximum Gasteiger partial charge on any atom is 0.436 e. The summed E-state index contributed by atoms with van der Waals surface area (Å²) in [6.07, 6.45) is -1.68. The van der Waals surface area contributed by atoms with Crippen molar-refractivity contribution in [1.82, 2.24) is 15.1 Å². The van der Waals surface area contributed by atoms with Crippen LogP contribution in [-0.4, -0.2) is 15.7 Å². The predicted molar refractivity (Wildman–Crippen MR) is 74.8 cm³/mol. The molecule has 0 radical (unpaired) electrons. The first kappa shape index (κ1) is 15.9. The van der Waals surface area contributed by atoms with Gasteiger partial charge in [0.2, 0.25) is 5.91 Å². The molecule has 1 amide bonds. The fourth-order valence-electron chi connectivity index (χ4n) is 2.29. The van der Waals surface area contributed by atoms with Gasteiger partial charge >= 0.3 is 6.18 Å². The third-order valence-electron chi connectivity index (χ3n) is 3.50. The number of aromatic nitrogens is 2. The zero-order valence-electron chi connectivity index (χ0n) is 11.9. The summed E-state index contributed by atoms with van der Waals surface area (Å²) in [5.74, 6) is 0.0235. The van der Waals surface area contributed by atoms with Crippen LogP contribution in [0.2, 0.25) is 5.02 Å². The van der Waals surface area contributed by atoms with Crippen molar-refractivity contribution in [3.8, 4) is 0 Å². The molecule has 5 nitrogen and oxygen atoms in total. The summed E-state index contributed by atoms with van der Waals surface area (Å²) in [5, 5.41) is 5.67. The molecule has 1 aliphatic carbocycles. The Balaban J connectivity index is 1.75. The minimum atomic E-state index is -4.64. The normalized spacial score (nSPS) is 15.0. The molecule has 1 saturated carbocycles. The number of rotatable bonds is 5. The molecule has 2 heterocycles. The number of hydrogen-bond acceptors (Lipinski definition) is 3. The van der Waals surface area contributed by atoms with E-state index in [2.05, 4.69) is 10.4 Å². The molecule has 0 spiro atoms.